The smallest absolute Gasteiger partial charge is 0.224 e. The Morgan fingerprint density at radius 2 is 1.48 bits per heavy atom. The molecule has 9 nitrogen and oxygen atoms in total. The number of para-hydroxylation sites is 2. The molecule has 298 valence electrons. The number of nitrogens with two attached hydrogens (primary N) is 1. The average Bonchev–Trinajstić information content (AvgIpc) is 3.26. The minimum atomic E-state index is -0.582. The fourth-order valence-electron chi connectivity index (χ4n) is 7.53. The lowest BCUT2D eigenvalue weighted by Gasteiger charge is -2.39. The highest BCUT2D eigenvalue weighted by molar-refractivity contribution is 5.94. The molecule has 6 aromatic carbocycles. The number of hydrogen-bond donors (Lipinski definition) is 4. The average molecular weight is 777 g/mol. The van der Waals surface area contributed by atoms with E-state index in [1.165, 1.54) is 16.3 Å². The molecule has 5 N–H and O–H groups in total. The molecule has 58 heavy (non-hydrogen) atoms. The van der Waals surface area contributed by atoms with Gasteiger partial charge in [-0.1, -0.05) is 121 Å². The first-order valence-corrected chi connectivity index (χ1v) is 20.0. The number of carbonyl (C=O) groups is 2. The summed E-state index contributed by atoms with van der Waals surface area (Å²) in [4.78, 5) is 27.5. The fourth-order valence-corrected chi connectivity index (χ4v) is 7.53. The van der Waals surface area contributed by atoms with Crippen LogP contribution < -0.4 is 16.4 Å². The Bertz CT molecular complexity index is 2310. The van der Waals surface area contributed by atoms with Gasteiger partial charge in [0.2, 0.25) is 11.8 Å². The lowest BCUT2D eigenvalue weighted by Crippen LogP contribution is -2.38. The predicted molar refractivity (Wildman–Crippen MR) is 230 cm³/mol. The number of ether oxygens (including phenoxy) is 2. The van der Waals surface area contributed by atoms with Gasteiger partial charge in [-0.25, -0.2) is 0 Å². The van der Waals surface area contributed by atoms with E-state index in [1.54, 1.807) is 12.1 Å². The van der Waals surface area contributed by atoms with Crippen molar-refractivity contribution in [3.8, 4) is 11.1 Å². The van der Waals surface area contributed by atoms with E-state index >= 15 is 0 Å². The molecule has 1 heterocycles. The third-order valence-electron chi connectivity index (χ3n) is 11.1. The molecule has 1 aliphatic rings. The Hall–Kier alpha value is -5.84. The summed E-state index contributed by atoms with van der Waals surface area (Å²) in [7, 11) is 2.15. The normalized spacial score (nSPS) is 17.2. The highest BCUT2D eigenvalue weighted by atomic mass is 16.7. The first-order chi connectivity index (χ1) is 28.2. The molecule has 4 atom stereocenters. The standard InChI is InChI=1S/C49H52N4O5/c1-33(39-27-22-35-10-3-4-11-40(35)28-39)53(2)31-42-29-46(37-20-18-34(32-54)19-21-37)58-49(57-42)38-25-23-36(24-26-38)43-13-6-5-12-41(43)30-51-47(55)16-9-17-48(56)52-45-15-8-7-14-44(45)50/h3-8,10-15,18-28,33,42,46,49,54H,9,16-17,29-32,50H2,1-2H3,(H,51,55)(H,52,56). The van der Waals surface area contributed by atoms with E-state index in [0.29, 0.717) is 37.3 Å². The molecule has 0 saturated carbocycles. The number of benzene rings is 6. The first-order valence-electron chi connectivity index (χ1n) is 20.0. The second-order valence-corrected chi connectivity index (χ2v) is 15.1. The van der Waals surface area contributed by atoms with Crippen LogP contribution in [0, 0.1) is 0 Å². The second kappa shape index (κ2) is 19.1. The molecule has 9 heteroatoms. The lowest BCUT2D eigenvalue weighted by molar-refractivity contribution is -0.253. The fraction of sp³-hybridized carbons (Fsp3) is 0.265. The van der Waals surface area contributed by atoms with Crippen molar-refractivity contribution in [2.24, 2.45) is 0 Å². The van der Waals surface area contributed by atoms with E-state index in [2.05, 4.69) is 102 Å². The van der Waals surface area contributed by atoms with Gasteiger partial charge in [-0.2, -0.15) is 0 Å². The molecule has 2 amide bonds. The van der Waals surface area contributed by atoms with E-state index in [1.807, 2.05) is 54.6 Å². The summed E-state index contributed by atoms with van der Waals surface area (Å²) in [6.07, 6.45) is 0.698. The van der Waals surface area contributed by atoms with Crippen LogP contribution in [0.5, 0.6) is 0 Å². The Kier molecular flexibility index (Phi) is 13.3. The molecular formula is C49H52N4O5. The number of nitrogens with one attached hydrogen (secondary N) is 2. The topological polar surface area (TPSA) is 126 Å². The summed E-state index contributed by atoms with van der Waals surface area (Å²) >= 11 is 0. The zero-order valence-electron chi connectivity index (χ0n) is 33.1. The minimum absolute atomic E-state index is 0.00826. The van der Waals surface area contributed by atoms with Crippen molar-refractivity contribution in [2.45, 2.75) is 70.3 Å². The molecule has 6 aromatic rings. The summed E-state index contributed by atoms with van der Waals surface area (Å²) in [5, 5.41) is 18.0. The van der Waals surface area contributed by atoms with E-state index in [4.69, 9.17) is 15.2 Å². The molecule has 0 aromatic heterocycles. The maximum absolute atomic E-state index is 12.8. The first kappa shape index (κ1) is 40.4. The van der Waals surface area contributed by atoms with Crippen LogP contribution in [0.3, 0.4) is 0 Å². The van der Waals surface area contributed by atoms with Gasteiger partial charge in [0, 0.05) is 44.0 Å². The van der Waals surface area contributed by atoms with Gasteiger partial charge in [0.05, 0.1) is 30.2 Å². The maximum atomic E-state index is 12.8. The third kappa shape index (κ3) is 10.2. The van der Waals surface area contributed by atoms with Crippen LogP contribution in [0.2, 0.25) is 0 Å². The Balaban J connectivity index is 0.998. The number of aliphatic hydroxyl groups excluding tert-OH is 1. The van der Waals surface area contributed by atoms with Crippen LogP contribution in [0.1, 0.15) is 78.9 Å². The highest BCUT2D eigenvalue weighted by Crippen LogP contribution is 2.39. The molecule has 7 rings (SSSR count). The molecular weight excluding hydrogens is 725 g/mol. The SMILES string of the molecule is CC(c1ccc2ccccc2c1)N(C)CC1CC(c2ccc(CO)cc2)OC(c2ccc(-c3ccccc3CNC(=O)CCCC(=O)Nc3ccccc3N)cc2)O1. The van der Waals surface area contributed by atoms with E-state index in [9.17, 15) is 14.7 Å². The van der Waals surface area contributed by atoms with Crippen molar-refractivity contribution in [1.82, 2.24) is 10.2 Å². The Morgan fingerprint density at radius 3 is 2.26 bits per heavy atom. The zero-order valence-corrected chi connectivity index (χ0v) is 33.1. The van der Waals surface area contributed by atoms with Crippen molar-refractivity contribution in [1.29, 1.82) is 0 Å². The number of hydrogen-bond acceptors (Lipinski definition) is 7. The molecule has 4 unspecified atom stereocenters. The van der Waals surface area contributed by atoms with E-state index in [-0.39, 0.29) is 49.5 Å². The highest BCUT2D eigenvalue weighted by Gasteiger charge is 2.33. The number of carbonyl (C=O) groups excluding carboxylic acids is 2. The van der Waals surface area contributed by atoms with E-state index < -0.39 is 6.29 Å². The number of aliphatic hydroxyl groups is 1. The molecule has 1 saturated heterocycles. The summed E-state index contributed by atoms with van der Waals surface area (Å²) in [5.41, 5.74) is 14.1. The van der Waals surface area contributed by atoms with Crippen molar-refractivity contribution in [3.05, 3.63) is 167 Å². The molecule has 1 fully saturated rings. The molecule has 0 spiro atoms. The van der Waals surface area contributed by atoms with Gasteiger partial charge in [0.15, 0.2) is 6.29 Å². The molecule has 1 aliphatic heterocycles. The molecule has 0 aliphatic carbocycles. The number of amides is 2. The zero-order chi connectivity index (χ0) is 40.4. The van der Waals surface area contributed by atoms with Crippen LogP contribution in [-0.2, 0) is 32.2 Å². The van der Waals surface area contributed by atoms with Crippen LogP contribution in [-0.4, -0.2) is 41.5 Å². The summed E-state index contributed by atoms with van der Waals surface area (Å²) < 4.78 is 13.4. The number of likely N-dealkylation sites (N-methyl/N-ethyl adjacent to an activating group) is 1. The third-order valence-corrected chi connectivity index (χ3v) is 11.1. The van der Waals surface area contributed by atoms with Crippen LogP contribution >= 0.6 is 0 Å². The van der Waals surface area contributed by atoms with E-state index in [0.717, 1.165) is 33.4 Å². The van der Waals surface area contributed by atoms with Gasteiger partial charge >= 0.3 is 0 Å². The van der Waals surface area contributed by atoms with Gasteiger partial charge in [-0.05, 0) is 82.7 Å². The van der Waals surface area contributed by atoms with Crippen LogP contribution in [0.15, 0.2) is 140 Å². The number of nitrogen functional groups attached to an aromatic ring is 1. The molecule has 0 radical (unpaired) electrons. The number of rotatable bonds is 15. The number of nitrogens with zero attached hydrogens (tertiary/aromatic N) is 1. The van der Waals surface area contributed by atoms with Gasteiger partial charge in [-0.15, -0.1) is 0 Å². The molecule has 0 bridgehead atoms. The van der Waals surface area contributed by atoms with Gasteiger partial charge in [-0.3, -0.25) is 14.5 Å². The Labute approximate surface area is 340 Å². The van der Waals surface area contributed by atoms with Crippen molar-refractivity contribution >= 4 is 34.0 Å². The lowest BCUT2D eigenvalue weighted by atomic mass is 9.97. The van der Waals surface area contributed by atoms with Crippen molar-refractivity contribution in [2.75, 3.05) is 24.6 Å². The largest absolute Gasteiger partial charge is 0.397 e. The quantitative estimate of drug-likeness (QED) is 0.0767. The van der Waals surface area contributed by atoms with Gasteiger partial charge in [0.1, 0.15) is 0 Å². The predicted octanol–water partition coefficient (Wildman–Crippen LogP) is 9.24. The second-order valence-electron chi connectivity index (χ2n) is 15.1. The Morgan fingerprint density at radius 1 is 0.793 bits per heavy atom. The van der Waals surface area contributed by atoms with Crippen molar-refractivity contribution < 1.29 is 24.2 Å². The van der Waals surface area contributed by atoms with Gasteiger partial charge < -0.3 is 30.9 Å². The van der Waals surface area contributed by atoms with Gasteiger partial charge in [0.25, 0.3) is 0 Å². The monoisotopic (exact) mass is 776 g/mol. The van der Waals surface area contributed by atoms with Crippen LogP contribution in [0.4, 0.5) is 11.4 Å². The van der Waals surface area contributed by atoms with Crippen LogP contribution in [0.25, 0.3) is 21.9 Å². The summed E-state index contributed by atoms with van der Waals surface area (Å²) in [6, 6.07) is 46.7. The maximum Gasteiger partial charge on any atom is 0.224 e. The summed E-state index contributed by atoms with van der Waals surface area (Å²) in [5.74, 6) is -0.290. The number of anilines is 2. The minimum Gasteiger partial charge on any atom is -0.397 e. The van der Waals surface area contributed by atoms with Crippen molar-refractivity contribution in [3.63, 3.8) is 0 Å². The number of fused-ring (bicyclic) bond motifs is 1. The summed E-state index contributed by atoms with van der Waals surface area (Å²) in [6.45, 7) is 3.30.